The number of nitrogens with one attached hydrogen (secondary N) is 1. The number of amides is 2. The van der Waals surface area contributed by atoms with Crippen LogP contribution in [0.5, 0.6) is 0 Å². The van der Waals surface area contributed by atoms with Crippen LogP contribution in [0.25, 0.3) is 0 Å². The Bertz CT molecular complexity index is 1040. The van der Waals surface area contributed by atoms with Gasteiger partial charge in [0.05, 0.1) is 24.7 Å². The summed E-state index contributed by atoms with van der Waals surface area (Å²) in [6, 6.07) is 7.79. The minimum absolute atomic E-state index is 0.0543. The molecule has 1 N–H and O–H groups in total. The number of fused-ring (bicyclic) bond motifs is 1. The molecule has 4 rings (SSSR count). The van der Waals surface area contributed by atoms with Crippen LogP contribution < -0.4 is 5.56 Å². The maximum absolute atomic E-state index is 13.2. The van der Waals surface area contributed by atoms with Gasteiger partial charge in [-0.05, 0) is 44.6 Å². The molecule has 32 heavy (non-hydrogen) atoms. The van der Waals surface area contributed by atoms with E-state index in [9.17, 15) is 14.4 Å². The number of nitrogens with zero attached hydrogens (tertiary/aromatic N) is 3. The van der Waals surface area contributed by atoms with Crippen molar-refractivity contribution in [2.24, 2.45) is 0 Å². The Hall–Kier alpha value is -2.96. The van der Waals surface area contributed by atoms with Crippen molar-refractivity contribution in [2.45, 2.75) is 71.4 Å². The van der Waals surface area contributed by atoms with Gasteiger partial charge in [-0.25, -0.2) is 4.98 Å². The van der Waals surface area contributed by atoms with E-state index in [-0.39, 0.29) is 23.4 Å². The third-order valence-corrected chi connectivity index (χ3v) is 6.52. The number of hydrogen-bond acceptors (Lipinski definition) is 4. The first kappa shape index (κ1) is 22.2. The summed E-state index contributed by atoms with van der Waals surface area (Å²) in [6.45, 7) is 5.61. The lowest BCUT2D eigenvalue weighted by Gasteiger charge is -2.36. The highest BCUT2D eigenvalue weighted by Gasteiger charge is 2.32. The van der Waals surface area contributed by atoms with Crippen LogP contribution in [0.3, 0.4) is 0 Å². The predicted molar refractivity (Wildman–Crippen MR) is 122 cm³/mol. The standard InChI is InChI=1S/C25H32N4O3/c1-3-6-22(30)28-14-12-19-20(16-28)26-24(27-25(19)32)21-7-4-5-13-29(21)23(31)15-18-10-8-17(2)9-11-18/h8-11,21H,3-7,12-16H2,1-2H3,(H,26,27,32)/t21-/m0/s1. The van der Waals surface area contributed by atoms with E-state index >= 15 is 0 Å². The smallest absolute Gasteiger partial charge is 0.254 e. The number of hydrogen-bond donors (Lipinski definition) is 1. The lowest BCUT2D eigenvalue weighted by Crippen LogP contribution is -2.43. The minimum atomic E-state index is -0.235. The molecule has 2 amide bonds. The number of benzene rings is 1. The molecule has 1 atom stereocenters. The molecule has 7 heteroatoms. The zero-order valence-electron chi connectivity index (χ0n) is 19.0. The van der Waals surface area contributed by atoms with Crippen molar-refractivity contribution in [3.63, 3.8) is 0 Å². The number of carbonyl (C=O) groups excluding carboxylic acids is 2. The molecule has 0 aliphatic carbocycles. The lowest BCUT2D eigenvalue weighted by atomic mass is 9.99. The van der Waals surface area contributed by atoms with E-state index in [0.29, 0.717) is 56.0 Å². The van der Waals surface area contributed by atoms with Gasteiger partial charge in [-0.3, -0.25) is 14.4 Å². The van der Waals surface area contributed by atoms with Crippen molar-refractivity contribution >= 4 is 11.8 Å². The molecule has 2 aliphatic rings. The van der Waals surface area contributed by atoms with Gasteiger partial charge in [-0.15, -0.1) is 0 Å². The molecule has 0 spiro atoms. The quantitative estimate of drug-likeness (QED) is 0.781. The largest absolute Gasteiger partial charge is 0.336 e. The minimum Gasteiger partial charge on any atom is -0.336 e. The second-order valence-electron chi connectivity index (χ2n) is 8.95. The van der Waals surface area contributed by atoms with Gasteiger partial charge < -0.3 is 14.8 Å². The van der Waals surface area contributed by atoms with Gasteiger partial charge in [-0.1, -0.05) is 36.8 Å². The molecular formula is C25H32N4O3. The summed E-state index contributed by atoms with van der Waals surface area (Å²) in [5.41, 5.74) is 3.36. The summed E-state index contributed by atoms with van der Waals surface area (Å²) in [6.07, 6.45) is 4.89. The maximum Gasteiger partial charge on any atom is 0.254 e. The molecule has 2 aromatic rings. The molecule has 2 aliphatic heterocycles. The van der Waals surface area contributed by atoms with Crippen LogP contribution in [0.2, 0.25) is 0 Å². The molecule has 0 radical (unpaired) electrons. The lowest BCUT2D eigenvalue weighted by molar-refractivity contribution is -0.134. The van der Waals surface area contributed by atoms with Crippen molar-refractivity contribution in [3.05, 3.63) is 62.8 Å². The average Bonchev–Trinajstić information content (AvgIpc) is 2.80. The maximum atomic E-state index is 13.2. The van der Waals surface area contributed by atoms with Crippen molar-refractivity contribution < 1.29 is 9.59 Å². The number of aromatic nitrogens is 2. The Morgan fingerprint density at radius 1 is 1.12 bits per heavy atom. The first-order valence-electron chi connectivity index (χ1n) is 11.7. The second kappa shape index (κ2) is 9.67. The molecule has 3 heterocycles. The van der Waals surface area contributed by atoms with Crippen molar-refractivity contribution in [2.75, 3.05) is 13.1 Å². The fourth-order valence-corrected chi connectivity index (χ4v) is 4.70. The molecule has 0 saturated carbocycles. The van der Waals surface area contributed by atoms with E-state index in [1.807, 2.05) is 43.0 Å². The third kappa shape index (κ3) is 4.76. The normalized spacial score (nSPS) is 18.4. The number of likely N-dealkylation sites (tertiary alicyclic amines) is 1. The van der Waals surface area contributed by atoms with Gasteiger partial charge in [0.1, 0.15) is 5.82 Å². The van der Waals surface area contributed by atoms with E-state index in [1.165, 1.54) is 5.56 Å². The van der Waals surface area contributed by atoms with Gasteiger partial charge >= 0.3 is 0 Å². The monoisotopic (exact) mass is 436 g/mol. The Kier molecular flexibility index (Phi) is 6.72. The number of H-pyrrole nitrogens is 1. The highest BCUT2D eigenvalue weighted by atomic mass is 16.2. The predicted octanol–water partition coefficient (Wildman–Crippen LogP) is 3.06. The molecule has 1 fully saturated rings. The highest BCUT2D eigenvalue weighted by Crippen LogP contribution is 2.30. The molecule has 7 nitrogen and oxygen atoms in total. The number of piperidine rings is 1. The van der Waals surface area contributed by atoms with Crippen molar-refractivity contribution in [1.82, 2.24) is 19.8 Å². The molecule has 170 valence electrons. The van der Waals surface area contributed by atoms with Crippen LogP contribution in [0.1, 0.15) is 73.3 Å². The summed E-state index contributed by atoms with van der Waals surface area (Å²) >= 11 is 0. The van der Waals surface area contributed by atoms with Crippen LogP contribution in [-0.4, -0.2) is 44.7 Å². The average molecular weight is 437 g/mol. The Labute approximate surface area is 188 Å². The van der Waals surface area contributed by atoms with Gasteiger partial charge in [0, 0.05) is 25.1 Å². The van der Waals surface area contributed by atoms with Gasteiger partial charge in [0.2, 0.25) is 11.8 Å². The highest BCUT2D eigenvalue weighted by molar-refractivity contribution is 5.79. The zero-order chi connectivity index (χ0) is 22.7. The van der Waals surface area contributed by atoms with E-state index in [1.54, 1.807) is 4.90 Å². The summed E-state index contributed by atoms with van der Waals surface area (Å²) < 4.78 is 0. The van der Waals surface area contributed by atoms with E-state index in [4.69, 9.17) is 4.98 Å². The van der Waals surface area contributed by atoms with Gasteiger partial charge in [-0.2, -0.15) is 0 Å². The topological polar surface area (TPSA) is 86.4 Å². The first-order chi connectivity index (χ1) is 15.5. The third-order valence-electron chi connectivity index (χ3n) is 6.52. The van der Waals surface area contributed by atoms with Crippen molar-refractivity contribution in [3.8, 4) is 0 Å². The van der Waals surface area contributed by atoms with Crippen LogP contribution in [0.15, 0.2) is 29.1 Å². The molecule has 0 unspecified atom stereocenters. The Morgan fingerprint density at radius 2 is 1.91 bits per heavy atom. The van der Waals surface area contributed by atoms with E-state index in [0.717, 1.165) is 31.2 Å². The van der Waals surface area contributed by atoms with Crippen LogP contribution in [-0.2, 0) is 29.0 Å². The number of rotatable bonds is 5. The fraction of sp³-hybridized carbons (Fsp3) is 0.520. The van der Waals surface area contributed by atoms with E-state index < -0.39 is 0 Å². The van der Waals surface area contributed by atoms with Gasteiger partial charge in [0.25, 0.3) is 5.56 Å². The van der Waals surface area contributed by atoms with Crippen LogP contribution in [0.4, 0.5) is 0 Å². The molecular weight excluding hydrogens is 404 g/mol. The summed E-state index contributed by atoms with van der Waals surface area (Å²) in [7, 11) is 0. The van der Waals surface area contributed by atoms with Gasteiger partial charge in [0.15, 0.2) is 0 Å². The summed E-state index contributed by atoms with van der Waals surface area (Å²) in [5.74, 6) is 0.712. The summed E-state index contributed by atoms with van der Waals surface area (Å²) in [4.78, 5) is 49.8. The second-order valence-corrected chi connectivity index (χ2v) is 8.95. The fourth-order valence-electron chi connectivity index (χ4n) is 4.70. The Balaban J connectivity index is 1.57. The number of carbonyl (C=O) groups is 2. The number of aryl methyl sites for hydroxylation is 1. The molecule has 1 aromatic carbocycles. The Morgan fingerprint density at radius 3 is 2.66 bits per heavy atom. The molecule has 0 bridgehead atoms. The molecule has 1 saturated heterocycles. The summed E-state index contributed by atoms with van der Waals surface area (Å²) in [5, 5.41) is 0. The SMILES string of the molecule is CCCC(=O)N1CCc2c(nc([C@@H]3CCCCN3C(=O)Cc3ccc(C)cc3)[nH]c2=O)C1. The first-order valence-corrected chi connectivity index (χ1v) is 11.7. The van der Waals surface area contributed by atoms with E-state index in [2.05, 4.69) is 4.98 Å². The van der Waals surface area contributed by atoms with Crippen LogP contribution in [0, 0.1) is 6.92 Å². The zero-order valence-corrected chi connectivity index (χ0v) is 19.0. The molecule has 1 aromatic heterocycles. The van der Waals surface area contributed by atoms with Crippen LogP contribution >= 0.6 is 0 Å². The number of aromatic amines is 1. The van der Waals surface area contributed by atoms with Crippen molar-refractivity contribution in [1.29, 1.82) is 0 Å².